The van der Waals surface area contributed by atoms with E-state index in [4.69, 9.17) is 0 Å². The van der Waals surface area contributed by atoms with Crippen LogP contribution >= 0.6 is 0 Å². The van der Waals surface area contributed by atoms with Gasteiger partial charge in [-0.15, -0.1) is 0 Å². The molecule has 1 aromatic heterocycles. The van der Waals surface area contributed by atoms with Crippen molar-refractivity contribution < 1.29 is 27.5 Å². The molecule has 0 aliphatic carbocycles. The fourth-order valence-electron chi connectivity index (χ4n) is 1.60. The molecule has 1 unspecified atom stereocenters. The number of amides is 1. The van der Waals surface area contributed by atoms with Crippen LogP contribution in [0.1, 0.15) is 34.7 Å². The molecule has 20 heavy (non-hydrogen) atoms. The summed E-state index contributed by atoms with van der Waals surface area (Å²) in [4.78, 5) is 26.0. The fourth-order valence-corrected chi connectivity index (χ4v) is 1.60. The molecule has 1 rings (SSSR count). The number of pyridine rings is 1. The minimum Gasteiger partial charge on any atom is -0.465 e. The lowest BCUT2D eigenvalue weighted by Crippen LogP contribution is -2.37. The Hall–Kier alpha value is -2.12. The summed E-state index contributed by atoms with van der Waals surface area (Å²) in [6, 6.07) is -0.0213. The van der Waals surface area contributed by atoms with E-state index in [2.05, 4.69) is 9.72 Å². The van der Waals surface area contributed by atoms with Gasteiger partial charge in [0.2, 0.25) is 5.91 Å². The topological polar surface area (TPSA) is 68.3 Å². The number of rotatable bonds is 3. The van der Waals surface area contributed by atoms with Gasteiger partial charge in [-0.3, -0.25) is 9.78 Å². The van der Waals surface area contributed by atoms with Gasteiger partial charge in [-0.1, -0.05) is 0 Å². The molecule has 0 saturated carbocycles. The number of carbonyl (C=O) groups excluding carboxylic acids is 2. The van der Waals surface area contributed by atoms with Crippen molar-refractivity contribution in [2.45, 2.75) is 26.1 Å². The first-order valence-corrected chi connectivity index (χ1v) is 5.56. The molecule has 5 nitrogen and oxygen atoms in total. The van der Waals surface area contributed by atoms with Crippen molar-refractivity contribution in [3.63, 3.8) is 0 Å². The Balaban J connectivity index is 3.29. The molecule has 0 spiro atoms. The first-order valence-electron chi connectivity index (χ1n) is 5.56. The molecule has 1 amide bonds. The number of hydrogen-bond donors (Lipinski definition) is 1. The van der Waals surface area contributed by atoms with Crippen molar-refractivity contribution >= 4 is 11.9 Å². The number of alkyl halides is 3. The molecule has 0 saturated heterocycles. The number of halogens is 3. The summed E-state index contributed by atoms with van der Waals surface area (Å²) in [6.45, 7) is 2.41. The van der Waals surface area contributed by atoms with Gasteiger partial charge in [0.05, 0.1) is 18.4 Å². The van der Waals surface area contributed by atoms with Gasteiger partial charge in [-0.2, -0.15) is 13.2 Å². The number of aryl methyl sites for hydroxylation is 1. The monoisotopic (exact) mass is 290 g/mol. The van der Waals surface area contributed by atoms with Crippen LogP contribution < -0.4 is 5.32 Å². The summed E-state index contributed by atoms with van der Waals surface area (Å²) in [5, 5.41) is 1.77. The third-order valence-corrected chi connectivity index (χ3v) is 2.37. The van der Waals surface area contributed by atoms with Crippen LogP contribution in [0.15, 0.2) is 12.1 Å². The molecule has 0 aromatic carbocycles. The maximum Gasteiger partial charge on any atom is 0.414 e. The summed E-state index contributed by atoms with van der Waals surface area (Å²) in [5.41, 5.74) is -0.315. The zero-order valence-electron chi connectivity index (χ0n) is 11.0. The van der Waals surface area contributed by atoms with Gasteiger partial charge in [-0.25, -0.2) is 4.79 Å². The Morgan fingerprint density at radius 3 is 2.40 bits per heavy atom. The molecule has 0 bridgehead atoms. The number of hydrogen-bond acceptors (Lipinski definition) is 4. The van der Waals surface area contributed by atoms with E-state index in [0.717, 1.165) is 20.1 Å². The van der Waals surface area contributed by atoms with Crippen molar-refractivity contribution in [1.82, 2.24) is 10.3 Å². The van der Waals surface area contributed by atoms with Crippen molar-refractivity contribution in [2.75, 3.05) is 7.11 Å². The van der Waals surface area contributed by atoms with Gasteiger partial charge in [0.15, 0.2) is 6.04 Å². The molecule has 0 fully saturated rings. The number of nitrogens with zero attached hydrogens (tertiary/aromatic N) is 1. The Kier molecular flexibility index (Phi) is 4.69. The van der Waals surface area contributed by atoms with E-state index in [1.165, 1.54) is 13.0 Å². The van der Waals surface area contributed by atoms with E-state index in [0.29, 0.717) is 0 Å². The van der Waals surface area contributed by atoms with Crippen LogP contribution in [-0.4, -0.2) is 30.1 Å². The zero-order chi connectivity index (χ0) is 15.5. The van der Waals surface area contributed by atoms with Crippen LogP contribution in [0.25, 0.3) is 0 Å². The minimum atomic E-state index is -4.72. The second-order valence-electron chi connectivity index (χ2n) is 4.09. The average molecular weight is 290 g/mol. The molecule has 0 aliphatic heterocycles. The van der Waals surface area contributed by atoms with Crippen molar-refractivity contribution in [3.8, 4) is 0 Å². The predicted octanol–water partition coefficient (Wildman–Crippen LogP) is 1.92. The van der Waals surface area contributed by atoms with Crippen LogP contribution in [0.2, 0.25) is 0 Å². The first-order chi connectivity index (χ1) is 9.15. The Bertz CT molecular complexity index is 529. The predicted molar refractivity (Wildman–Crippen MR) is 62.9 cm³/mol. The average Bonchev–Trinajstić information content (AvgIpc) is 2.32. The van der Waals surface area contributed by atoms with Gasteiger partial charge >= 0.3 is 12.1 Å². The van der Waals surface area contributed by atoms with E-state index in [1.807, 2.05) is 0 Å². The molecule has 110 valence electrons. The number of esters is 1. The second kappa shape index (κ2) is 5.89. The first kappa shape index (κ1) is 15.9. The van der Waals surface area contributed by atoms with E-state index >= 15 is 0 Å². The van der Waals surface area contributed by atoms with E-state index < -0.39 is 29.8 Å². The van der Waals surface area contributed by atoms with Gasteiger partial charge in [-0.05, 0) is 19.1 Å². The standard InChI is InChI=1S/C12H13F3N2O3/c1-6-4-8(11(19)20-3)5-9(16-6)10(12(13,14)15)17-7(2)18/h4-5,10H,1-3H3,(H,17,18). The summed E-state index contributed by atoms with van der Waals surface area (Å²) >= 11 is 0. The van der Waals surface area contributed by atoms with Gasteiger partial charge in [0.25, 0.3) is 0 Å². The normalized spacial score (nSPS) is 12.7. The van der Waals surface area contributed by atoms with E-state index in [-0.39, 0.29) is 11.3 Å². The molecule has 0 aliphatic rings. The van der Waals surface area contributed by atoms with Crippen molar-refractivity contribution in [3.05, 3.63) is 29.1 Å². The van der Waals surface area contributed by atoms with Crippen LogP contribution in [-0.2, 0) is 9.53 Å². The van der Waals surface area contributed by atoms with Gasteiger partial charge < -0.3 is 10.1 Å². The Morgan fingerprint density at radius 2 is 1.95 bits per heavy atom. The third-order valence-electron chi connectivity index (χ3n) is 2.37. The highest BCUT2D eigenvalue weighted by Crippen LogP contribution is 2.32. The van der Waals surface area contributed by atoms with Crippen molar-refractivity contribution in [2.24, 2.45) is 0 Å². The number of ether oxygens (including phenoxy) is 1. The molecule has 0 radical (unpaired) electrons. The highest BCUT2D eigenvalue weighted by molar-refractivity contribution is 5.89. The minimum absolute atomic E-state index is 0.0606. The van der Waals surface area contributed by atoms with Crippen LogP contribution in [0.4, 0.5) is 13.2 Å². The lowest BCUT2D eigenvalue weighted by molar-refractivity contribution is -0.163. The van der Waals surface area contributed by atoms with Crippen LogP contribution in [0.5, 0.6) is 0 Å². The number of carbonyl (C=O) groups is 2. The van der Waals surface area contributed by atoms with E-state index in [1.54, 1.807) is 5.32 Å². The molecule has 1 aromatic rings. The Labute approximate surface area is 113 Å². The highest BCUT2D eigenvalue weighted by Gasteiger charge is 2.42. The quantitative estimate of drug-likeness (QED) is 0.863. The maximum atomic E-state index is 12.9. The largest absolute Gasteiger partial charge is 0.465 e. The van der Waals surface area contributed by atoms with E-state index in [9.17, 15) is 22.8 Å². The maximum absolute atomic E-state index is 12.9. The fraction of sp³-hybridized carbons (Fsp3) is 0.417. The molecular weight excluding hydrogens is 277 g/mol. The second-order valence-corrected chi connectivity index (χ2v) is 4.09. The number of aromatic nitrogens is 1. The summed E-state index contributed by atoms with van der Waals surface area (Å²) in [5.74, 6) is -1.63. The lowest BCUT2D eigenvalue weighted by Gasteiger charge is -2.21. The summed E-state index contributed by atoms with van der Waals surface area (Å²) in [6.07, 6.45) is -4.72. The molecule has 8 heteroatoms. The van der Waals surface area contributed by atoms with Crippen LogP contribution in [0, 0.1) is 6.92 Å². The highest BCUT2D eigenvalue weighted by atomic mass is 19.4. The molecule has 1 heterocycles. The molecule has 1 N–H and O–H groups in total. The third kappa shape index (κ3) is 3.94. The van der Waals surface area contributed by atoms with Crippen LogP contribution in [0.3, 0.4) is 0 Å². The number of methoxy groups -OCH3 is 1. The molecule has 1 atom stereocenters. The van der Waals surface area contributed by atoms with Gasteiger partial charge in [0.1, 0.15) is 0 Å². The SMILES string of the molecule is COC(=O)c1cc(C)nc(C(NC(C)=O)C(F)(F)F)c1. The molecular formula is C12H13F3N2O3. The Morgan fingerprint density at radius 1 is 1.35 bits per heavy atom. The smallest absolute Gasteiger partial charge is 0.414 e. The summed E-state index contributed by atoms with van der Waals surface area (Å²) in [7, 11) is 1.12. The zero-order valence-corrected chi connectivity index (χ0v) is 11.0. The lowest BCUT2D eigenvalue weighted by atomic mass is 10.1. The van der Waals surface area contributed by atoms with Crippen molar-refractivity contribution in [1.29, 1.82) is 0 Å². The van der Waals surface area contributed by atoms with Gasteiger partial charge in [0, 0.05) is 12.6 Å². The number of nitrogens with one attached hydrogen (secondary N) is 1. The summed E-state index contributed by atoms with van der Waals surface area (Å²) < 4.78 is 43.3.